The third kappa shape index (κ3) is 3.50. The normalized spacial score (nSPS) is 17.8. The average molecular weight is 487 g/mol. The van der Waals surface area contributed by atoms with Gasteiger partial charge < -0.3 is 4.90 Å². The van der Waals surface area contributed by atoms with Gasteiger partial charge >= 0.3 is 6.18 Å². The van der Waals surface area contributed by atoms with Crippen LogP contribution in [0, 0.1) is 0 Å². The van der Waals surface area contributed by atoms with Crippen LogP contribution in [0.4, 0.5) is 19.0 Å². The second-order valence-electron chi connectivity index (χ2n) is 7.72. The van der Waals surface area contributed by atoms with E-state index >= 15 is 0 Å². The van der Waals surface area contributed by atoms with Crippen LogP contribution in [0.1, 0.15) is 23.2 Å². The second-order valence-corrected chi connectivity index (χ2v) is 10.0. The molecule has 170 valence electrons. The van der Waals surface area contributed by atoms with Crippen LogP contribution in [0.2, 0.25) is 5.02 Å². The average Bonchev–Trinajstić information content (AvgIpc) is 3.40. The number of fused-ring (bicyclic) bond motifs is 2. The Bertz CT molecular complexity index is 1300. The van der Waals surface area contributed by atoms with E-state index in [4.69, 9.17) is 11.6 Å². The summed E-state index contributed by atoms with van der Waals surface area (Å²) in [4.78, 5) is 10.5. The lowest BCUT2D eigenvalue weighted by Gasteiger charge is -2.36. The lowest BCUT2D eigenvalue weighted by molar-refractivity contribution is -0.137. The van der Waals surface area contributed by atoms with Gasteiger partial charge in [0.2, 0.25) is 10.0 Å². The molecule has 0 N–H and O–H groups in total. The summed E-state index contributed by atoms with van der Waals surface area (Å²) >= 11 is 5.94. The number of nitrogens with zero attached hydrogens (tertiary/aromatic N) is 6. The first-order chi connectivity index (χ1) is 15.2. The zero-order valence-corrected chi connectivity index (χ0v) is 18.3. The standard InChI is InChI=1S/C19H18ClF3N6O2S/c20-14-10-12(19(21,22)23)4-5-16(14)32(30,31)28-8-6-27(7-9-28)17-13-2-1-3-15(13)26-18-24-11-25-29(17)18/h4-5,10-11H,1-3,6-9H2. The molecule has 32 heavy (non-hydrogen) atoms. The van der Waals surface area contributed by atoms with Crippen molar-refractivity contribution in [1.82, 2.24) is 23.9 Å². The Hall–Kier alpha value is -2.44. The van der Waals surface area contributed by atoms with E-state index in [1.165, 1.54) is 10.6 Å². The minimum Gasteiger partial charge on any atom is -0.354 e. The topological polar surface area (TPSA) is 83.7 Å². The number of sulfonamides is 1. The summed E-state index contributed by atoms with van der Waals surface area (Å²) in [6.07, 6.45) is -0.438. The van der Waals surface area contributed by atoms with Gasteiger partial charge in [0.1, 0.15) is 17.0 Å². The third-order valence-electron chi connectivity index (χ3n) is 5.84. The van der Waals surface area contributed by atoms with Crippen molar-refractivity contribution in [2.75, 3.05) is 31.1 Å². The number of hydrogen-bond donors (Lipinski definition) is 0. The molecule has 0 atom stereocenters. The van der Waals surface area contributed by atoms with Crippen LogP contribution < -0.4 is 4.90 Å². The molecule has 3 heterocycles. The number of rotatable bonds is 3. The van der Waals surface area contributed by atoms with Crippen LogP contribution >= 0.6 is 11.6 Å². The molecule has 8 nitrogen and oxygen atoms in total. The summed E-state index contributed by atoms with van der Waals surface area (Å²) in [5, 5.41) is 3.84. The molecule has 0 spiro atoms. The summed E-state index contributed by atoms with van der Waals surface area (Å²) < 4.78 is 67.8. The number of benzene rings is 1. The minimum absolute atomic E-state index is 0.160. The number of aryl methyl sites for hydroxylation is 1. The molecule has 0 saturated carbocycles. The first kappa shape index (κ1) is 21.4. The van der Waals surface area contributed by atoms with E-state index < -0.39 is 26.8 Å². The molecule has 2 aromatic heterocycles. The fraction of sp³-hybridized carbons (Fsp3) is 0.421. The predicted octanol–water partition coefficient (Wildman–Crippen LogP) is 2.80. The number of halogens is 4. The Balaban J connectivity index is 1.40. The van der Waals surface area contributed by atoms with Gasteiger partial charge in [-0.05, 0) is 37.5 Å². The maximum atomic E-state index is 13.1. The molecule has 1 aliphatic carbocycles. The van der Waals surface area contributed by atoms with Gasteiger partial charge in [0, 0.05) is 31.7 Å². The summed E-state index contributed by atoms with van der Waals surface area (Å²) in [5.41, 5.74) is 1.10. The SMILES string of the molecule is O=S(=O)(c1ccc(C(F)(F)F)cc1Cl)N1CCN(c2c3c(nc4ncnn24)CCC3)CC1. The number of alkyl halides is 3. The molecule has 0 bridgehead atoms. The van der Waals surface area contributed by atoms with Gasteiger partial charge in [-0.25, -0.2) is 13.4 Å². The molecule has 1 saturated heterocycles. The monoisotopic (exact) mass is 486 g/mol. The van der Waals surface area contributed by atoms with E-state index in [0.29, 0.717) is 24.9 Å². The summed E-state index contributed by atoms with van der Waals surface area (Å²) in [5.74, 6) is 1.39. The number of hydrogen-bond acceptors (Lipinski definition) is 6. The first-order valence-corrected chi connectivity index (χ1v) is 11.8. The zero-order chi connectivity index (χ0) is 22.7. The number of aromatic nitrogens is 4. The van der Waals surface area contributed by atoms with Crippen molar-refractivity contribution < 1.29 is 21.6 Å². The van der Waals surface area contributed by atoms with E-state index in [1.54, 1.807) is 4.52 Å². The summed E-state index contributed by atoms with van der Waals surface area (Å²) in [6.45, 7) is 1.10. The van der Waals surface area contributed by atoms with E-state index in [-0.39, 0.29) is 18.0 Å². The van der Waals surface area contributed by atoms with Crippen molar-refractivity contribution in [3.05, 3.63) is 46.4 Å². The van der Waals surface area contributed by atoms with Crippen molar-refractivity contribution in [3.8, 4) is 0 Å². The maximum Gasteiger partial charge on any atom is 0.416 e. The van der Waals surface area contributed by atoms with Gasteiger partial charge in [-0.1, -0.05) is 11.6 Å². The van der Waals surface area contributed by atoms with E-state index in [9.17, 15) is 21.6 Å². The smallest absolute Gasteiger partial charge is 0.354 e. The summed E-state index contributed by atoms with van der Waals surface area (Å²) in [6, 6.07) is 2.30. The Morgan fingerprint density at radius 2 is 1.81 bits per heavy atom. The molecule has 0 unspecified atom stereocenters. The zero-order valence-electron chi connectivity index (χ0n) is 16.7. The van der Waals surface area contributed by atoms with Crippen LogP contribution in [-0.4, -0.2) is 58.5 Å². The number of piperazine rings is 1. The molecule has 0 amide bonds. The Morgan fingerprint density at radius 3 is 2.50 bits per heavy atom. The van der Waals surface area contributed by atoms with Crippen molar-refractivity contribution in [2.24, 2.45) is 0 Å². The van der Waals surface area contributed by atoms with Gasteiger partial charge in [0.05, 0.1) is 16.3 Å². The molecule has 2 aliphatic rings. The van der Waals surface area contributed by atoms with Gasteiger partial charge in [0.25, 0.3) is 5.78 Å². The Kier molecular flexibility index (Phi) is 5.06. The third-order valence-corrected chi connectivity index (χ3v) is 8.22. The quantitative estimate of drug-likeness (QED) is 0.566. The molecular weight excluding hydrogens is 469 g/mol. The van der Waals surface area contributed by atoms with Crippen LogP contribution in [0.25, 0.3) is 5.78 Å². The molecular formula is C19H18ClF3N6O2S. The van der Waals surface area contributed by atoms with Crippen molar-refractivity contribution in [1.29, 1.82) is 0 Å². The van der Waals surface area contributed by atoms with Gasteiger partial charge in [0.15, 0.2) is 0 Å². The maximum absolute atomic E-state index is 13.1. The Morgan fingerprint density at radius 1 is 1.06 bits per heavy atom. The second kappa shape index (κ2) is 7.56. The first-order valence-electron chi connectivity index (χ1n) is 9.99. The van der Waals surface area contributed by atoms with Gasteiger partial charge in [-0.15, -0.1) is 0 Å². The summed E-state index contributed by atoms with van der Waals surface area (Å²) in [7, 11) is -4.04. The largest absolute Gasteiger partial charge is 0.416 e. The molecule has 5 rings (SSSR count). The lowest BCUT2D eigenvalue weighted by Crippen LogP contribution is -2.49. The van der Waals surface area contributed by atoms with Crippen LogP contribution in [0.3, 0.4) is 0 Å². The Labute approximate surface area is 186 Å². The van der Waals surface area contributed by atoms with Crippen LogP contribution in [0.5, 0.6) is 0 Å². The molecule has 0 radical (unpaired) electrons. The highest BCUT2D eigenvalue weighted by Crippen LogP contribution is 2.35. The van der Waals surface area contributed by atoms with Crippen LogP contribution in [0.15, 0.2) is 29.4 Å². The number of anilines is 1. The highest BCUT2D eigenvalue weighted by Gasteiger charge is 2.35. The van der Waals surface area contributed by atoms with Crippen molar-refractivity contribution >= 4 is 33.2 Å². The molecule has 1 fully saturated rings. The van der Waals surface area contributed by atoms with Crippen molar-refractivity contribution in [3.63, 3.8) is 0 Å². The fourth-order valence-electron chi connectivity index (χ4n) is 4.29. The van der Waals surface area contributed by atoms with Crippen LogP contribution in [-0.2, 0) is 29.0 Å². The van der Waals surface area contributed by atoms with E-state index in [2.05, 4.69) is 20.0 Å². The predicted molar refractivity (Wildman–Crippen MR) is 110 cm³/mol. The lowest BCUT2D eigenvalue weighted by atomic mass is 10.2. The molecule has 3 aromatic rings. The van der Waals surface area contributed by atoms with Crippen molar-refractivity contribution in [2.45, 2.75) is 30.3 Å². The fourth-order valence-corrected chi connectivity index (χ4v) is 6.23. The molecule has 1 aliphatic heterocycles. The van der Waals surface area contributed by atoms with E-state index in [0.717, 1.165) is 48.5 Å². The minimum atomic E-state index is -4.60. The van der Waals surface area contributed by atoms with Gasteiger partial charge in [-0.2, -0.15) is 32.1 Å². The molecule has 1 aromatic carbocycles. The molecule has 13 heteroatoms. The van der Waals surface area contributed by atoms with Gasteiger partial charge in [-0.3, -0.25) is 0 Å². The van der Waals surface area contributed by atoms with E-state index in [1.807, 2.05) is 0 Å². The highest BCUT2D eigenvalue weighted by molar-refractivity contribution is 7.89. The highest BCUT2D eigenvalue weighted by atomic mass is 35.5.